The lowest BCUT2D eigenvalue weighted by Gasteiger charge is -2.34. The van der Waals surface area contributed by atoms with Crippen LogP contribution in [-0.2, 0) is 19.1 Å². The number of ether oxygens (including phenoxy) is 1. The van der Waals surface area contributed by atoms with Gasteiger partial charge in [-0.1, -0.05) is 0 Å². The number of nitrogens with one attached hydrogen (secondary N) is 2. The topological polar surface area (TPSA) is 108 Å². The Hall–Kier alpha value is -2.32. The van der Waals surface area contributed by atoms with E-state index in [1.165, 1.54) is 4.90 Å². The number of nitrogens with zero attached hydrogens (tertiary/aromatic N) is 2. The molecule has 9 nitrogen and oxygen atoms in total. The molecule has 4 amide bonds. The monoisotopic (exact) mass is 298 g/mol. The van der Waals surface area contributed by atoms with Crippen molar-refractivity contribution in [2.24, 2.45) is 5.92 Å². The lowest BCUT2D eigenvalue weighted by Crippen LogP contribution is -2.51. The van der Waals surface area contributed by atoms with Crippen LogP contribution in [0.5, 0.6) is 0 Å². The van der Waals surface area contributed by atoms with Gasteiger partial charge >= 0.3 is 6.09 Å². The molecule has 0 saturated carbocycles. The fraction of sp³-hybridized carbons (Fsp3) is 0.667. The maximum Gasteiger partial charge on any atom is 0.409 e. The van der Waals surface area contributed by atoms with Crippen LogP contribution in [0, 0.1) is 5.92 Å². The van der Waals surface area contributed by atoms with Crippen molar-refractivity contribution in [1.29, 1.82) is 0 Å². The van der Waals surface area contributed by atoms with Crippen LogP contribution in [0.15, 0.2) is 0 Å². The number of rotatable bonds is 3. The predicted molar refractivity (Wildman–Crippen MR) is 69.6 cm³/mol. The molecule has 0 radical (unpaired) electrons. The van der Waals surface area contributed by atoms with E-state index < -0.39 is 17.7 Å². The van der Waals surface area contributed by atoms with Crippen LogP contribution in [0.1, 0.15) is 13.3 Å². The minimum atomic E-state index is -0.972. The normalized spacial score (nSPS) is 19.3. The van der Waals surface area contributed by atoms with Crippen molar-refractivity contribution in [2.75, 3.05) is 32.8 Å². The second-order valence-corrected chi connectivity index (χ2v) is 4.80. The first kappa shape index (κ1) is 15.1. The average Bonchev–Trinajstić information content (AvgIpc) is 2.79. The zero-order valence-corrected chi connectivity index (χ0v) is 11.8. The molecule has 2 aliphatic rings. The summed E-state index contributed by atoms with van der Waals surface area (Å²) < 4.78 is 4.89. The van der Waals surface area contributed by atoms with E-state index in [1.807, 2.05) is 0 Å². The van der Waals surface area contributed by atoms with Gasteiger partial charge in [-0.15, -0.1) is 0 Å². The second kappa shape index (κ2) is 6.42. The van der Waals surface area contributed by atoms with Gasteiger partial charge in [0.05, 0.1) is 6.61 Å². The zero-order valence-electron chi connectivity index (χ0n) is 11.8. The molecule has 0 spiro atoms. The fourth-order valence-electron chi connectivity index (χ4n) is 2.26. The van der Waals surface area contributed by atoms with Crippen LogP contribution in [0.2, 0.25) is 0 Å². The Balaban J connectivity index is 1.82. The first-order valence-electron chi connectivity index (χ1n) is 6.82. The maximum atomic E-state index is 12.1. The van der Waals surface area contributed by atoms with E-state index in [1.54, 1.807) is 11.8 Å². The van der Waals surface area contributed by atoms with Gasteiger partial charge in [0.2, 0.25) is 5.91 Å². The number of hydrogen-bond donors (Lipinski definition) is 2. The first-order chi connectivity index (χ1) is 10.0. The molecule has 0 unspecified atom stereocenters. The van der Waals surface area contributed by atoms with E-state index in [0.29, 0.717) is 32.8 Å². The van der Waals surface area contributed by atoms with Gasteiger partial charge in [-0.2, -0.15) is 0 Å². The third-order valence-corrected chi connectivity index (χ3v) is 3.48. The number of hydrazine groups is 1. The molecule has 2 saturated heterocycles. The lowest BCUT2D eigenvalue weighted by molar-refractivity contribution is -0.139. The molecule has 0 aromatic heterocycles. The van der Waals surface area contributed by atoms with Gasteiger partial charge in [0, 0.05) is 32.6 Å². The van der Waals surface area contributed by atoms with E-state index in [4.69, 9.17) is 4.74 Å². The molecular formula is C12H18N4O5. The highest BCUT2D eigenvalue weighted by atomic mass is 16.6. The first-order valence-corrected chi connectivity index (χ1v) is 6.82. The predicted octanol–water partition coefficient (Wildman–Crippen LogP) is -1.55. The molecule has 2 aliphatic heterocycles. The Morgan fingerprint density at radius 3 is 2.14 bits per heavy atom. The van der Waals surface area contributed by atoms with Gasteiger partial charge < -0.3 is 14.5 Å². The van der Waals surface area contributed by atoms with Gasteiger partial charge in [0.15, 0.2) is 0 Å². The van der Waals surface area contributed by atoms with Crippen molar-refractivity contribution in [1.82, 2.24) is 20.7 Å². The zero-order chi connectivity index (χ0) is 15.4. The van der Waals surface area contributed by atoms with Crippen molar-refractivity contribution < 1.29 is 23.9 Å². The number of carbonyl (C=O) groups is 4. The molecule has 2 fully saturated rings. The minimum absolute atomic E-state index is 0.156. The highest BCUT2D eigenvalue weighted by Crippen LogP contribution is 2.12. The molecule has 21 heavy (non-hydrogen) atoms. The Kier molecular flexibility index (Phi) is 4.61. The molecular weight excluding hydrogens is 280 g/mol. The average molecular weight is 298 g/mol. The van der Waals surface area contributed by atoms with Crippen molar-refractivity contribution in [3.8, 4) is 0 Å². The van der Waals surface area contributed by atoms with Gasteiger partial charge in [0.1, 0.15) is 5.92 Å². The summed E-state index contributed by atoms with van der Waals surface area (Å²) in [5.74, 6) is -2.21. The smallest absolute Gasteiger partial charge is 0.409 e. The van der Waals surface area contributed by atoms with Crippen molar-refractivity contribution in [3.05, 3.63) is 0 Å². The van der Waals surface area contributed by atoms with E-state index >= 15 is 0 Å². The van der Waals surface area contributed by atoms with Crippen LogP contribution < -0.4 is 10.9 Å². The van der Waals surface area contributed by atoms with E-state index in [-0.39, 0.29) is 18.4 Å². The molecule has 9 heteroatoms. The lowest BCUT2D eigenvalue weighted by atomic mass is 10.0. The molecule has 0 aromatic rings. The summed E-state index contributed by atoms with van der Waals surface area (Å²) >= 11 is 0. The summed E-state index contributed by atoms with van der Waals surface area (Å²) in [5.41, 5.74) is 4.37. The number of amides is 4. The Morgan fingerprint density at radius 2 is 1.62 bits per heavy atom. The molecule has 0 bridgehead atoms. The molecule has 2 N–H and O–H groups in total. The van der Waals surface area contributed by atoms with Crippen molar-refractivity contribution in [3.63, 3.8) is 0 Å². The summed E-state index contributed by atoms with van der Waals surface area (Å²) in [4.78, 5) is 49.5. The molecule has 116 valence electrons. The Labute approximate surface area is 121 Å². The largest absolute Gasteiger partial charge is 0.450 e. The van der Waals surface area contributed by atoms with Crippen molar-refractivity contribution >= 4 is 23.8 Å². The van der Waals surface area contributed by atoms with E-state index in [0.717, 1.165) is 0 Å². The van der Waals surface area contributed by atoms with Crippen LogP contribution >= 0.6 is 0 Å². The SMILES string of the molecule is CCOC(=O)N1CCN(C(=O)CC2C(=O)NNC2=O)CC1. The number of piperazine rings is 1. The molecule has 2 heterocycles. The molecule has 0 aromatic carbocycles. The van der Waals surface area contributed by atoms with Gasteiger partial charge in [-0.25, -0.2) is 4.79 Å². The number of carbonyl (C=O) groups excluding carboxylic acids is 4. The summed E-state index contributed by atoms with van der Waals surface area (Å²) in [6.45, 7) is 3.54. The number of hydrogen-bond acceptors (Lipinski definition) is 5. The molecule has 0 aliphatic carbocycles. The molecule has 0 atom stereocenters. The third-order valence-electron chi connectivity index (χ3n) is 3.48. The second-order valence-electron chi connectivity index (χ2n) is 4.80. The third kappa shape index (κ3) is 3.41. The highest BCUT2D eigenvalue weighted by molar-refractivity contribution is 6.07. The van der Waals surface area contributed by atoms with Gasteiger partial charge in [-0.05, 0) is 6.92 Å². The summed E-state index contributed by atoms with van der Waals surface area (Å²) in [6, 6.07) is 0. The summed E-state index contributed by atoms with van der Waals surface area (Å²) in [5, 5.41) is 0. The van der Waals surface area contributed by atoms with Crippen LogP contribution in [-0.4, -0.2) is 66.4 Å². The maximum absolute atomic E-state index is 12.1. The minimum Gasteiger partial charge on any atom is -0.450 e. The Bertz CT molecular complexity index is 443. The fourth-order valence-corrected chi connectivity index (χ4v) is 2.26. The summed E-state index contributed by atoms with van der Waals surface area (Å²) in [6.07, 6.45) is -0.545. The van der Waals surface area contributed by atoms with Crippen LogP contribution in [0.3, 0.4) is 0 Å². The quantitative estimate of drug-likeness (QED) is 0.614. The standard InChI is InChI=1S/C12H18N4O5/c1-2-21-12(20)16-5-3-15(4-6-16)9(17)7-8-10(18)13-14-11(8)19/h8H,2-7H2,1H3,(H,13,18)(H,14,19). The summed E-state index contributed by atoms with van der Waals surface area (Å²) in [7, 11) is 0. The molecule has 2 rings (SSSR count). The van der Waals surface area contributed by atoms with E-state index in [2.05, 4.69) is 10.9 Å². The van der Waals surface area contributed by atoms with Gasteiger partial charge in [0.25, 0.3) is 11.8 Å². The highest BCUT2D eigenvalue weighted by Gasteiger charge is 2.36. The Morgan fingerprint density at radius 1 is 1.10 bits per heavy atom. The van der Waals surface area contributed by atoms with Crippen LogP contribution in [0.4, 0.5) is 4.79 Å². The van der Waals surface area contributed by atoms with Gasteiger partial charge in [-0.3, -0.25) is 25.2 Å². The van der Waals surface area contributed by atoms with Crippen molar-refractivity contribution in [2.45, 2.75) is 13.3 Å². The van der Waals surface area contributed by atoms with E-state index in [9.17, 15) is 19.2 Å². The van der Waals surface area contributed by atoms with Crippen LogP contribution in [0.25, 0.3) is 0 Å².